The maximum Gasteiger partial charge on any atom is 0.274 e. The normalized spacial score (nSPS) is 11.9. The maximum absolute atomic E-state index is 12.4. The van der Waals surface area contributed by atoms with Crippen LogP contribution in [0.5, 0.6) is 0 Å². The SMILES string of the molecule is CC(C)(C)CC(C)(C)Nc1cc(C(=O)Nc2ccccc2)nc(Cl)n1. The van der Waals surface area contributed by atoms with Gasteiger partial charge < -0.3 is 10.6 Å². The minimum atomic E-state index is -0.327. The van der Waals surface area contributed by atoms with Gasteiger partial charge >= 0.3 is 0 Å². The summed E-state index contributed by atoms with van der Waals surface area (Å²) in [5.74, 6) is 0.208. The van der Waals surface area contributed by atoms with Crippen LogP contribution in [-0.2, 0) is 0 Å². The molecule has 1 aromatic heterocycles. The molecule has 0 fully saturated rings. The molecule has 0 spiro atoms. The lowest BCUT2D eigenvalue weighted by Gasteiger charge is -2.33. The van der Waals surface area contributed by atoms with Gasteiger partial charge in [-0.2, -0.15) is 0 Å². The van der Waals surface area contributed by atoms with E-state index in [2.05, 4.69) is 55.2 Å². The van der Waals surface area contributed by atoms with Gasteiger partial charge in [-0.05, 0) is 49.4 Å². The fourth-order valence-electron chi connectivity index (χ4n) is 3.03. The molecule has 0 radical (unpaired) electrons. The van der Waals surface area contributed by atoms with E-state index in [-0.39, 0.29) is 27.8 Å². The predicted octanol–water partition coefficient (Wildman–Crippen LogP) is 5.01. The van der Waals surface area contributed by atoms with Crippen LogP contribution in [0, 0.1) is 5.41 Å². The number of para-hydroxylation sites is 1. The van der Waals surface area contributed by atoms with Gasteiger partial charge in [0.15, 0.2) is 0 Å². The van der Waals surface area contributed by atoms with Gasteiger partial charge in [0.05, 0.1) is 0 Å². The molecule has 0 aliphatic heterocycles. The Hall–Kier alpha value is -2.14. The average Bonchev–Trinajstić information content (AvgIpc) is 2.44. The molecule has 0 saturated carbocycles. The summed E-state index contributed by atoms with van der Waals surface area (Å²) in [5, 5.41) is 6.19. The van der Waals surface area contributed by atoms with Gasteiger partial charge in [0, 0.05) is 17.3 Å². The van der Waals surface area contributed by atoms with E-state index in [4.69, 9.17) is 11.6 Å². The molecule has 0 aliphatic rings. The van der Waals surface area contributed by atoms with Gasteiger partial charge in [-0.15, -0.1) is 0 Å². The molecule has 2 rings (SSSR count). The van der Waals surface area contributed by atoms with Crippen LogP contribution in [0.4, 0.5) is 11.5 Å². The average molecular weight is 361 g/mol. The zero-order valence-corrected chi connectivity index (χ0v) is 16.1. The molecule has 134 valence electrons. The number of nitrogens with zero attached hydrogens (tertiary/aromatic N) is 2. The Bertz CT molecular complexity index is 739. The zero-order valence-electron chi connectivity index (χ0n) is 15.4. The van der Waals surface area contributed by atoms with Crippen LogP contribution in [-0.4, -0.2) is 21.4 Å². The number of benzene rings is 1. The summed E-state index contributed by atoms with van der Waals surface area (Å²) < 4.78 is 0. The quantitative estimate of drug-likeness (QED) is 0.735. The van der Waals surface area contributed by atoms with Crippen molar-refractivity contribution in [2.75, 3.05) is 10.6 Å². The summed E-state index contributed by atoms with van der Waals surface area (Å²) in [6, 6.07) is 10.8. The molecule has 25 heavy (non-hydrogen) atoms. The minimum absolute atomic E-state index is 0.0368. The molecule has 1 aromatic carbocycles. The molecule has 0 aliphatic carbocycles. The molecule has 0 atom stereocenters. The van der Waals surface area contributed by atoms with Crippen molar-refractivity contribution in [1.29, 1.82) is 0 Å². The molecule has 0 unspecified atom stereocenters. The van der Waals surface area contributed by atoms with Crippen LogP contribution in [0.2, 0.25) is 5.28 Å². The molecule has 1 heterocycles. The van der Waals surface area contributed by atoms with E-state index in [0.29, 0.717) is 11.5 Å². The first kappa shape index (κ1) is 19.2. The number of nitrogens with one attached hydrogen (secondary N) is 2. The summed E-state index contributed by atoms with van der Waals surface area (Å²) in [4.78, 5) is 20.7. The summed E-state index contributed by atoms with van der Waals surface area (Å²) in [7, 11) is 0. The topological polar surface area (TPSA) is 66.9 Å². The standard InChI is InChI=1S/C19H25ClN4O/c1-18(2,3)12-19(4,5)24-15-11-14(22-17(20)23-15)16(25)21-13-9-7-6-8-10-13/h6-11H,12H2,1-5H3,(H,21,25)(H,22,23,24). The molecular weight excluding hydrogens is 336 g/mol. The van der Waals surface area contributed by atoms with E-state index in [0.717, 1.165) is 6.42 Å². The lowest BCUT2D eigenvalue weighted by molar-refractivity contribution is 0.102. The van der Waals surface area contributed by atoms with Gasteiger partial charge in [-0.3, -0.25) is 4.79 Å². The highest BCUT2D eigenvalue weighted by molar-refractivity contribution is 6.28. The van der Waals surface area contributed by atoms with Gasteiger partial charge in [0.25, 0.3) is 5.91 Å². The Morgan fingerprint density at radius 2 is 1.72 bits per heavy atom. The summed E-state index contributed by atoms with van der Waals surface area (Å²) in [5.41, 5.74) is 0.868. The first-order valence-electron chi connectivity index (χ1n) is 8.23. The number of hydrogen-bond acceptors (Lipinski definition) is 4. The largest absolute Gasteiger partial charge is 0.365 e. The third-order valence-corrected chi connectivity index (χ3v) is 3.57. The van der Waals surface area contributed by atoms with Gasteiger partial charge in [-0.25, -0.2) is 9.97 Å². The molecule has 2 aromatic rings. The van der Waals surface area contributed by atoms with E-state index in [1.165, 1.54) is 0 Å². The first-order chi connectivity index (χ1) is 11.5. The van der Waals surface area contributed by atoms with E-state index in [9.17, 15) is 4.79 Å². The van der Waals surface area contributed by atoms with Crippen molar-refractivity contribution in [2.45, 2.75) is 46.6 Å². The van der Waals surface area contributed by atoms with Crippen LogP contribution >= 0.6 is 11.6 Å². The Kier molecular flexibility index (Phi) is 5.68. The highest BCUT2D eigenvalue weighted by atomic mass is 35.5. The first-order valence-corrected chi connectivity index (χ1v) is 8.61. The summed E-state index contributed by atoms with van der Waals surface area (Å²) >= 11 is 6.02. The lowest BCUT2D eigenvalue weighted by Crippen LogP contribution is -2.36. The number of rotatable bonds is 5. The predicted molar refractivity (Wildman–Crippen MR) is 103 cm³/mol. The van der Waals surface area contributed by atoms with E-state index in [1.54, 1.807) is 6.07 Å². The van der Waals surface area contributed by atoms with Crippen molar-refractivity contribution in [3.8, 4) is 0 Å². The zero-order chi connectivity index (χ0) is 18.7. The lowest BCUT2D eigenvalue weighted by atomic mass is 9.82. The Labute approximate surface area is 154 Å². The molecular formula is C19H25ClN4O. The summed E-state index contributed by atoms with van der Waals surface area (Å²) in [6.07, 6.45) is 0.924. The Morgan fingerprint density at radius 3 is 2.32 bits per heavy atom. The van der Waals surface area contributed by atoms with Gasteiger partial charge in [0.2, 0.25) is 5.28 Å². The fraction of sp³-hybridized carbons (Fsp3) is 0.421. The number of carbonyl (C=O) groups is 1. The van der Waals surface area contributed by atoms with Crippen molar-refractivity contribution < 1.29 is 4.79 Å². The number of hydrogen-bond donors (Lipinski definition) is 2. The second-order valence-corrected chi connectivity index (χ2v) is 8.31. The molecule has 0 bridgehead atoms. The smallest absolute Gasteiger partial charge is 0.274 e. The van der Waals surface area contributed by atoms with Crippen LogP contribution in [0.3, 0.4) is 0 Å². The third-order valence-electron chi connectivity index (χ3n) is 3.40. The van der Waals surface area contributed by atoms with Crippen molar-refractivity contribution in [2.24, 2.45) is 5.41 Å². The van der Waals surface area contributed by atoms with E-state index < -0.39 is 0 Å². The molecule has 0 saturated heterocycles. The van der Waals surface area contributed by atoms with E-state index in [1.807, 2.05) is 30.3 Å². The molecule has 5 nitrogen and oxygen atoms in total. The van der Waals surface area contributed by atoms with Crippen molar-refractivity contribution >= 4 is 29.0 Å². The Balaban J connectivity index is 2.18. The van der Waals surface area contributed by atoms with Crippen LogP contribution < -0.4 is 10.6 Å². The van der Waals surface area contributed by atoms with Crippen molar-refractivity contribution in [3.63, 3.8) is 0 Å². The molecule has 6 heteroatoms. The maximum atomic E-state index is 12.4. The molecule has 1 amide bonds. The van der Waals surface area contributed by atoms with Crippen LogP contribution in [0.25, 0.3) is 0 Å². The number of amides is 1. The summed E-state index contributed by atoms with van der Waals surface area (Å²) in [6.45, 7) is 10.7. The number of carbonyl (C=O) groups excluding carboxylic acids is 1. The minimum Gasteiger partial charge on any atom is -0.365 e. The van der Waals surface area contributed by atoms with Crippen molar-refractivity contribution in [3.05, 3.63) is 47.4 Å². The van der Waals surface area contributed by atoms with Crippen LogP contribution in [0.1, 0.15) is 51.5 Å². The Morgan fingerprint density at radius 1 is 1.08 bits per heavy atom. The van der Waals surface area contributed by atoms with Crippen molar-refractivity contribution in [1.82, 2.24) is 9.97 Å². The number of aromatic nitrogens is 2. The second kappa shape index (κ2) is 7.40. The highest BCUT2D eigenvalue weighted by Gasteiger charge is 2.26. The molecule has 2 N–H and O–H groups in total. The van der Waals surface area contributed by atoms with E-state index >= 15 is 0 Å². The highest BCUT2D eigenvalue weighted by Crippen LogP contribution is 2.29. The monoisotopic (exact) mass is 360 g/mol. The van der Waals surface area contributed by atoms with Gasteiger partial charge in [0.1, 0.15) is 11.5 Å². The third kappa shape index (κ3) is 6.35. The van der Waals surface area contributed by atoms with Gasteiger partial charge in [-0.1, -0.05) is 39.0 Å². The van der Waals surface area contributed by atoms with Crippen LogP contribution in [0.15, 0.2) is 36.4 Å². The second-order valence-electron chi connectivity index (χ2n) is 7.97. The number of anilines is 2. The number of halogens is 1. The fourth-order valence-corrected chi connectivity index (χ4v) is 3.21.